The van der Waals surface area contributed by atoms with Gasteiger partial charge >= 0.3 is 0 Å². The van der Waals surface area contributed by atoms with Crippen LogP contribution in [0.4, 0.5) is 0 Å². The molecule has 0 aliphatic carbocycles. The maximum absolute atomic E-state index is 12.5. The van der Waals surface area contributed by atoms with E-state index in [0.29, 0.717) is 27.8 Å². The van der Waals surface area contributed by atoms with Gasteiger partial charge in [0.1, 0.15) is 6.26 Å². The molecule has 0 aliphatic rings. The number of Topliss-reactive ketones (excluding diaryl/α,β-unsaturated/α-hetero) is 1. The summed E-state index contributed by atoms with van der Waals surface area (Å²) in [5.41, 5.74) is 2.49. The Morgan fingerprint density at radius 3 is 1.42 bits per heavy atom. The Hall–Kier alpha value is -3.27. The van der Waals surface area contributed by atoms with Crippen LogP contribution in [0, 0.1) is 0 Å². The molecule has 0 atom stereocenters. The highest BCUT2D eigenvalue weighted by Crippen LogP contribution is 2.15. The Balaban J connectivity index is 1.81. The molecular weight excluding hydrogens is 304 g/mol. The Morgan fingerprint density at radius 1 is 0.625 bits per heavy atom. The number of carbonyl (C=O) groups is 3. The van der Waals surface area contributed by atoms with E-state index in [-0.39, 0.29) is 17.3 Å². The lowest BCUT2D eigenvalue weighted by atomic mass is 9.98. The summed E-state index contributed by atoms with van der Waals surface area (Å²) in [7, 11) is 0. The number of hydrogen-bond donors (Lipinski definition) is 0. The number of ketones is 3. The summed E-state index contributed by atoms with van der Waals surface area (Å²) in [6.45, 7) is 1.48. The molecule has 0 unspecified atom stereocenters. The van der Waals surface area contributed by atoms with Gasteiger partial charge in [0.25, 0.3) is 0 Å². The third kappa shape index (κ3) is 3.08. The molecule has 0 spiro atoms. The topological polar surface area (TPSA) is 64.3 Å². The van der Waals surface area contributed by atoms with Gasteiger partial charge in [-0.3, -0.25) is 14.4 Å². The molecule has 2 aromatic carbocycles. The van der Waals surface area contributed by atoms with Gasteiger partial charge in [-0.05, 0) is 13.0 Å². The van der Waals surface area contributed by atoms with Crippen molar-refractivity contribution in [3.05, 3.63) is 94.9 Å². The smallest absolute Gasteiger partial charge is 0.196 e. The summed E-state index contributed by atoms with van der Waals surface area (Å²) in [6.07, 6.45) is 2.83. The minimum absolute atomic E-state index is 0.0453. The van der Waals surface area contributed by atoms with E-state index in [2.05, 4.69) is 0 Å². The average molecular weight is 318 g/mol. The van der Waals surface area contributed by atoms with Crippen molar-refractivity contribution in [3.8, 4) is 0 Å². The zero-order valence-corrected chi connectivity index (χ0v) is 13.0. The maximum Gasteiger partial charge on any atom is 0.196 e. The van der Waals surface area contributed by atoms with E-state index in [1.807, 2.05) is 0 Å². The second kappa shape index (κ2) is 6.46. The van der Waals surface area contributed by atoms with E-state index < -0.39 is 0 Å². The van der Waals surface area contributed by atoms with Crippen molar-refractivity contribution < 1.29 is 18.8 Å². The van der Waals surface area contributed by atoms with Crippen molar-refractivity contribution >= 4 is 17.3 Å². The third-order valence-electron chi connectivity index (χ3n) is 3.75. The fraction of sp³-hybridized carbons (Fsp3) is 0.0500. The van der Waals surface area contributed by atoms with Crippen LogP contribution >= 0.6 is 0 Å². The zero-order chi connectivity index (χ0) is 17.1. The van der Waals surface area contributed by atoms with E-state index >= 15 is 0 Å². The zero-order valence-electron chi connectivity index (χ0n) is 13.0. The first-order valence-electron chi connectivity index (χ1n) is 7.39. The molecule has 118 valence electrons. The molecule has 1 aromatic heterocycles. The maximum atomic E-state index is 12.5. The number of hydrogen-bond acceptors (Lipinski definition) is 4. The molecule has 3 rings (SSSR count). The molecule has 0 saturated carbocycles. The summed E-state index contributed by atoms with van der Waals surface area (Å²) in [4.78, 5) is 35.9. The van der Waals surface area contributed by atoms with Crippen LogP contribution in [0.3, 0.4) is 0 Å². The molecule has 4 heteroatoms. The van der Waals surface area contributed by atoms with Crippen molar-refractivity contribution in [1.29, 1.82) is 0 Å². The lowest BCUT2D eigenvalue weighted by molar-refractivity contribution is 0.101. The number of carbonyl (C=O) groups excluding carboxylic acids is 3. The molecular formula is C20H14O4. The third-order valence-corrected chi connectivity index (χ3v) is 3.75. The highest BCUT2D eigenvalue weighted by atomic mass is 16.3. The number of furan rings is 1. The molecule has 24 heavy (non-hydrogen) atoms. The summed E-state index contributed by atoms with van der Waals surface area (Å²) in [6, 6.07) is 14.6. The van der Waals surface area contributed by atoms with E-state index in [9.17, 15) is 14.4 Å². The molecule has 4 nitrogen and oxygen atoms in total. The molecule has 1 heterocycles. The van der Waals surface area contributed by atoms with Gasteiger partial charge in [0, 0.05) is 22.3 Å². The first kappa shape index (κ1) is 15.6. The number of rotatable bonds is 5. The fourth-order valence-electron chi connectivity index (χ4n) is 2.36. The first-order valence-corrected chi connectivity index (χ1v) is 7.39. The molecule has 0 aliphatic heterocycles. The lowest BCUT2D eigenvalue weighted by Crippen LogP contribution is -2.04. The Kier molecular flexibility index (Phi) is 4.20. The summed E-state index contributed by atoms with van der Waals surface area (Å²) in [5, 5.41) is 0. The van der Waals surface area contributed by atoms with Gasteiger partial charge in [0.15, 0.2) is 17.3 Å². The van der Waals surface area contributed by atoms with Gasteiger partial charge in [-0.2, -0.15) is 0 Å². The minimum Gasteiger partial charge on any atom is -0.472 e. The molecule has 0 N–H and O–H groups in total. The van der Waals surface area contributed by atoms with Crippen LogP contribution in [0.5, 0.6) is 0 Å². The van der Waals surface area contributed by atoms with Crippen LogP contribution in [-0.4, -0.2) is 17.3 Å². The largest absolute Gasteiger partial charge is 0.472 e. The second-order valence-corrected chi connectivity index (χ2v) is 5.38. The van der Waals surface area contributed by atoms with Gasteiger partial charge in [-0.15, -0.1) is 0 Å². The van der Waals surface area contributed by atoms with Gasteiger partial charge in [-0.1, -0.05) is 48.5 Å². The number of benzene rings is 2. The normalized spacial score (nSPS) is 10.4. The Labute approximate surface area is 138 Å². The van der Waals surface area contributed by atoms with Crippen LogP contribution in [0.25, 0.3) is 0 Å². The first-order chi connectivity index (χ1) is 11.6. The second-order valence-electron chi connectivity index (χ2n) is 5.38. The lowest BCUT2D eigenvalue weighted by Gasteiger charge is -2.04. The standard InChI is InChI=1S/C20H14O4/c1-13(21)14-2-4-15(5-3-14)19(22)16-6-8-17(9-7-16)20(23)18-10-11-24-12-18/h2-12H,1H3. The highest BCUT2D eigenvalue weighted by Gasteiger charge is 2.13. The monoisotopic (exact) mass is 318 g/mol. The molecule has 0 amide bonds. The van der Waals surface area contributed by atoms with Gasteiger partial charge < -0.3 is 4.42 Å². The van der Waals surface area contributed by atoms with Gasteiger partial charge in [0.05, 0.1) is 11.8 Å². The van der Waals surface area contributed by atoms with E-state index in [4.69, 9.17) is 4.42 Å². The SMILES string of the molecule is CC(=O)c1ccc(C(=O)c2ccc(C(=O)c3ccoc3)cc2)cc1. The highest BCUT2D eigenvalue weighted by molar-refractivity contribution is 6.11. The van der Waals surface area contributed by atoms with Crippen molar-refractivity contribution in [1.82, 2.24) is 0 Å². The predicted octanol–water partition coefficient (Wildman–Crippen LogP) is 3.94. The van der Waals surface area contributed by atoms with Crippen LogP contribution in [0.15, 0.2) is 71.5 Å². The fourth-order valence-corrected chi connectivity index (χ4v) is 2.36. The van der Waals surface area contributed by atoms with Crippen molar-refractivity contribution in [3.63, 3.8) is 0 Å². The molecule has 0 radical (unpaired) electrons. The quantitative estimate of drug-likeness (QED) is 0.668. The minimum atomic E-state index is -0.160. The predicted molar refractivity (Wildman–Crippen MR) is 88.5 cm³/mol. The molecule has 3 aromatic rings. The summed E-state index contributed by atoms with van der Waals surface area (Å²) >= 11 is 0. The van der Waals surface area contributed by atoms with Gasteiger partial charge in [-0.25, -0.2) is 0 Å². The van der Waals surface area contributed by atoms with Crippen molar-refractivity contribution in [2.45, 2.75) is 6.92 Å². The Morgan fingerprint density at radius 2 is 1.04 bits per heavy atom. The Bertz CT molecular complexity index is 886. The average Bonchev–Trinajstić information content (AvgIpc) is 3.15. The van der Waals surface area contributed by atoms with Crippen LogP contribution in [0.2, 0.25) is 0 Å². The van der Waals surface area contributed by atoms with E-state index in [1.165, 1.54) is 19.5 Å². The molecule has 0 fully saturated rings. The summed E-state index contributed by atoms with van der Waals surface area (Å²) in [5.74, 6) is -0.364. The van der Waals surface area contributed by atoms with Crippen molar-refractivity contribution in [2.75, 3.05) is 0 Å². The molecule has 0 saturated heterocycles. The van der Waals surface area contributed by atoms with E-state index in [0.717, 1.165) is 0 Å². The van der Waals surface area contributed by atoms with Gasteiger partial charge in [0.2, 0.25) is 0 Å². The molecule has 0 bridgehead atoms. The van der Waals surface area contributed by atoms with Crippen LogP contribution in [-0.2, 0) is 0 Å². The van der Waals surface area contributed by atoms with Crippen LogP contribution in [0.1, 0.15) is 49.1 Å². The summed E-state index contributed by atoms with van der Waals surface area (Å²) < 4.78 is 4.90. The van der Waals surface area contributed by atoms with Crippen LogP contribution < -0.4 is 0 Å². The van der Waals surface area contributed by atoms with Crippen molar-refractivity contribution in [2.24, 2.45) is 0 Å². The van der Waals surface area contributed by atoms with E-state index in [1.54, 1.807) is 54.6 Å².